The van der Waals surface area contributed by atoms with E-state index in [2.05, 4.69) is 36.9 Å². The summed E-state index contributed by atoms with van der Waals surface area (Å²) in [6, 6.07) is 10.6. The summed E-state index contributed by atoms with van der Waals surface area (Å²) in [5.41, 5.74) is 2.26. The fourth-order valence-corrected chi connectivity index (χ4v) is 6.43. The van der Waals surface area contributed by atoms with E-state index in [9.17, 15) is 4.39 Å². The third kappa shape index (κ3) is 5.53. The van der Waals surface area contributed by atoms with Gasteiger partial charge >= 0.3 is 0 Å². The SMILES string of the molecule is C=CCCC1CCC(C2CCC(c3ccc4c(F)c(CC/C=C/C)ccc4c3)CC2)CC1. The number of hydrogen-bond donors (Lipinski definition) is 0. The average Bonchev–Trinajstić information content (AvgIpc) is 2.84. The van der Waals surface area contributed by atoms with Crippen LogP contribution < -0.4 is 0 Å². The Morgan fingerprint density at radius 1 is 0.906 bits per heavy atom. The normalized spacial score (nSPS) is 26.6. The molecule has 2 aliphatic rings. The van der Waals surface area contributed by atoms with Gasteiger partial charge < -0.3 is 0 Å². The molecular formula is C31H41F. The molecule has 32 heavy (non-hydrogen) atoms. The van der Waals surface area contributed by atoms with E-state index < -0.39 is 0 Å². The van der Waals surface area contributed by atoms with Gasteiger partial charge in [-0.3, -0.25) is 0 Å². The van der Waals surface area contributed by atoms with E-state index in [1.54, 1.807) is 0 Å². The summed E-state index contributed by atoms with van der Waals surface area (Å²) >= 11 is 0. The number of allylic oxidation sites excluding steroid dienone is 3. The molecule has 2 fully saturated rings. The van der Waals surface area contributed by atoms with Crippen LogP contribution >= 0.6 is 0 Å². The molecule has 2 saturated carbocycles. The van der Waals surface area contributed by atoms with Crippen molar-refractivity contribution in [2.75, 3.05) is 0 Å². The molecule has 0 radical (unpaired) electrons. The van der Waals surface area contributed by atoms with Crippen LogP contribution in [0.3, 0.4) is 0 Å². The van der Waals surface area contributed by atoms with Crippen molar-refractivity contribution in [1.82, 2.24) is 0 Å². The molecule has 2 aromatic rings. The van der Waals surface area contributed by atoms with Crippen LogP contribution in [0.15, 0.2) is 55.1 Å². The number of fused-ring (bicyclic) bond motifs is 1. The van der Waals surface area contributed by atoms with E-state index in [0.29, 0.717) is 5.92 Å². The molecule has 0 amide bonds. The maximum atomic E-state index is 15.0. The lowest BCUT2D eigenvalue weighted by atomic mass is 9.68. The van der Waals surface area contributed by atoms with Crippen molar-refractivity contribution in [2.24, 2.45) is 17.8 Å². The number of aryl methyl sites for hydroxylation is 1. The Labute approximate surface area is 195 Å². The predicted molar refractivity (Wildman–Crippen MR) is 137 cm³/mol. The van der Waals surface area contributed by atoms with Gasteiger partial charge in [-0.1, -0.05) is 61.4 Å². The van der Waals surface area contributed by atoms with Crippen LogP contribution in [0, 0.1) is 23.6 Å². The molecule has 2 aliphatic carbocycles. The maximum Gasteiger partial charge on any atom is 0.134 e. The Morgan fingerprint density at radius 3 is 2.31 bits per heavy atom. The second kappa shape index (κ2) is 11.3. The minimum atomic E-state index is -0.0223. The molecule has 0 aliphatic heterocycles. The van der Waals surface area contributed by atoms with E-state index in [4.69, 9.17) is 0 Å². The van der Waals surface area contributed by atoms with Crippen molar-refractivity contribution >= 4 is 10.8 Å². The highest BCUT2D eigenvalue weighted by Crippen LogP contribution is 2.44. The molecule has 0 aromatic heterocycles. The zero-order valence-corrected chi connectivity index (χ0v) is 20.0. The van der Waals surface area contributed by atoms with Crippen molar-refractivity contribution in [3.05, 3.63) is 72.1 Å². The Hall–Kier alpha value is -1.89. The summed E-state index contributed by atoms with van der Waals surface area (Å²) in [4.78, 5) is 0. The molecule has 0 spiro atoms. The minimum Gasteiger partial charge on any atom is -0.206 e. The summed E-state index contributed by atoms with van der Waals surface area (Å²) in [6.07, 6.45) is 21.6. The molecule has 0 atom stereocenters. The van der Waals surface area contributed by atoms with E-state index in [0.717, 1.165) is 46.9 Å². The Balaban J connectivity index is 1.34. The first-order valence-electron chi connectivity index (χ1n) is 13.1. The zero-order chi connectivity index (χ0) is 22.3. The van der Waals surface area contributed by atoms with E-state index in [1.165, 1.54) is 69.8 Å². The molecule has 172 valence electrons. The summed E-state index contributed by atoms with van der Waals surface area (Å²) in [7, 11) is 0. The summed E-state index contributed by atoms with van der Waals surface area (Å²) in [5, 5.41) is 1.85. The van der Waals surface area contributed by atoms with E-state index in [-0.39, 0.29) is 5.82 Å². The lowest BCUT2D eigenvalue weighted by molar-refractivity contribution is 0.157. The smallest absolute Gasteiger partial charge is 0.134 e. The zero-order valence-electron chi connectivity index (χ0n) is 20.0. The van der Waals surface area contributed by atoms with Gasteiger partial charge in [0.2, 0.25) is 0 Å². The summed E-state index contributed by atoms with van der Waals surface area (Å²) < 4.78 is 15.0. The molecule has 0 N–H and O–H groups in total. The highest BCUT2D eigenvalue weighted by atomic mass is 19.1. The van der Waals surface area contributed by atoms with Crippen molar-refractivity contribution in [3.63, 3.8) is 0 Å². The van der Waals surface area contributed by atoms with Gasteiger partial charge in [0.15, 0.2) is 0 Å². The van der Waals surface area contributed by atoms with Gasteiger partial charge in [-0.25, -0.2) is 4.39 Å². The third-order valence-electron chi connectivity index (χ3n) is 8.45. The molecule has 0 unspecified atom stereocenters. The Morgan fingerprint density at radius 2 is 1.62 bits per heavy atom. The fraction of sp³-hybridized carbons (Fsp3) is 0.548. The Bertz CT molecular complexity index is 907. The molecule has 0 saturated heterocycles. The second-order valence-electron chi connectivity index (χ2n) is 10.4. The van der Waals surface area contributed by atoms with Gasteiger partial charge in [-0.15, -0.1) is 6.58 Å². The predicted octanol–water partition coefficient (Wildman–Crippen LogP) is 9.53. The first-order chi connectivity index (χ1) is 15.7. The third-order valence-corrected chi connectivity index (χ3v) is 8.45. The van der Waals surface area contributed by atoms with Crippen molar-refractivity contribution in [2.45, 2.75) is 89.9 Å². The number of hydrogen-bond acceptors (Lipinski definition) is 0. The largest absolute Gasteiger partial charge is 0.206 e. The van der Waals surface area contributed by atoms with Crippen LogP contribution in [-0.2, 0) is 6.42 Å². The van der Waals surface area contributed by atoms with E-state index >= 15 is 0 Å². The monoisotopic (exact) mass is 432 g/mol. The number of rotatable bonds is 8. The minimum absolute atomic E-state index is 0.0223. The van der Waals surface area contributed by atoms with Crippen molar-refractivity contribution in [3.8, 4) is 0 Å². The van der Waals surface area contributed by atoms with Crippen LogP contribution in [0.1, 0.15) is 94.6 Å². The van der Waals surface area contributed by atoms with Crippen LogP contribution in [-0.4, -0.2) is 0 Å². The van der Waals surface area contributed by atoms with Gasteiger partial charge in [-0.05, 0) is 111 Å². The molecule has 2 aromatic carbocycles. The topological polar surface area (TPSA) is 0 Å². The second-order valence-corrected chi connectivity index (χ2v) is 10.4. The quantitative estimate of drug-likeness (QED) is 0.364. The first kappa shape index (κ1) is 23.3. The maximum absolute atomic E-state index is 15.0. The lowest BCUT2D eigenvalue weighted by Gasteiger charge is -2.38. The fourth-order valence-electron chi connectivity index (χ4n) is 6.43. The Kier molecular flexibility index (Phi) is 8.22. The van der Waals surface area contributed by atoms with Crippen molar-refractivity contribution in [1.29, 1.82) is 0 Å². The van der Waals surface area contributed by atoms with Crippen LogP contribution in [0.25, 0.3) is 10.8 Å². The highest BCUT2D eigenvalue weighted by molar-refractivity contribution is 5.84. The number of halogens is 1. The molecular weight excluding hydrogens is 391 g/mol. The molecule has 0 heterocycles. The molecule has 0 bridgehead atoms. The molecule has 4 rings (SSSR count). The van der Waals surface area contributed by atoms with Gasteiger partial charge in [0, 0.05) is 5.39 Å². The van der Waals surface area contributed by atoms with Gasteiger partial charge in [-0.2, -0.15) is 0 Å². The molecule has 1 heteroatoms. The van der Waals surface area contributed by atoms with Crippen molar-refractivity contribution < 1.29 is 4.39 Å². The standard InChI is InChI=1S/C31H41F/c1-3-5-7-9-27-18-19-29-22-28(20-21-30(29)31(27)32)26-16-14-25(15-17-26)24-12-10-23(11-13-24)8-6-4-2/h3-5,18-26H,2,6-17H2,1H3/b5-3+. The lowest BCUT2D eigenvalue weighted by Crippen LogP contribution is -2.25. The van der Waals surface area contributed by atoms with Gasteiger partial charge in [0.1, 0.15) is 5.82 Å². The number of benzene rings is 2. The molecule has 0 nitrogen and oxygen atoms in total. The van der Waals surface area contributed by atoms with E-state index in [1.807, 2.05) is 25.1 Å². The summed E-state index contributed by atoms with van der Waals surface area (Å²) in [5.74, 6) is 3.47. The van der Waals surface area contributed by atoms with Crippen LogP contribution in [0.5, 0.6) is 0 Å². The van der Waals surface area contributed by atoms with Crippen LogP contribution in [0.2, 0.25) is 0 Å². The van der Waals surface area contributed by atoms with Crippen LogP contribution in [0.4, 0.5) is 4.39 Å². The summed E-state index contributed by atoms with van der Waals surface area (Å²) in [6.45, 7) is 5.90. The van der Waals surface area contributed by atoms with Gasteiger partial charge in [0.25, 0.3) is 0 Å². The average molecular weight is 433 g/mol. The first-order valence-corrected chi connectivity index (χ1v) is 13.1. The van der Waals surface area contributed by atoms with Gasteiger partial charge in [0.05, 0.1) is 0 Å². The highest BCUT2D eigenvalue weighted by Gasteiger charge is 2.31.